The summed E-state index contributed by atoms with van der Waals surface area (Å²) in [7, 11) is 0. The minimum atomic E-state index is -3.64. The molecule has 0 aromatic carbocycles. The summed E-state index contributed by atoms with van der Waals surface area (Å²) < 4.78 is 38.6. The number of halogens is 2. The smallest absolute Gasteiger partial charge is 0.351 e. The molecule has 1 unspecified atom stereocenters. The van der Waals surface area contributed by atoms with E-state index in [9.17, 15) is 18.7 Å². The molecule has 112 valence electrons. The fourth-order valence-corrected chi connectivity index (χ4v) is 1.94. The van der Waals surface area contributed by atoms with Gasteiger partial charge < -0.3 is 20.3 Å². The molecular formula is C11H15F2N3O4. The lowest BCUT2D eigenvalue weighted by Crippen LogP contribution is -2.42. The molecule has 1 fully saturated rings. The van der Waals surface area contributed by atoms with Gasteiger partial charge in [-0.1, -0.05) is 0 Å². The molecule has 0 amide bonds. The van der Waals surface area contributed by atoms with E-state index in [0.29, 0.717) is 11.2 Å². The molecule has 1 aliphatic heterocycles. The van der Waals surface area contributed by atoms with E-state index in [4.69, 9.17) is 15.2 Å². The molecule has 1 aromatic heterocycles. The predicted molar refractivity (Wildman–Crippen MR) is 64.3 cm³/mol. The number of anilines is 1. The largest absolute Gasteiger partial charge is 0.384 e. The molecule has 0 saturated carbocycles. The quantitative estimate of drug-likeness (QED) is 0.794. The lowest BCUT2D eigenvalue weighted by Gasteiger charge is -2.20. The average molecular weight is 291 g/mol. The molecule has 20 heavy (non-hydrogen) atoms. The Morgan fingerprint density at radius 1 is 1.65 bits per heavy atom. The van der Waals surface area contributed by atoms with Gasteiger partial charge >= 0.3 is 11.6 Å². The van der Waals surface area contributed by atoms with Gasteiger partial charge in [-0.05, 0) is 13.0 Å². The van der Waals surface area contributed by atoms with Crippen LogP contribution < -0.4 is 11.4 Å². The Hall–Kier alpha value is -1.58. The van der Waals surface area contributed by atoms with Crippen molar-refractivity contribution in [2.24, 2.45) is 0 Å². The number of nitrogen functional groups attached to an aromatic ring is 1. The zero-order valence-corrected chi connectivity index (χ0v) is 10.7. The van der Waals surface area contributed by atoms with E-state index in [1.165, 1.54) is 6.07 Å². The summed E-state index contributed by atoms with van der Waals surface area (Å²) >= 11 is 0. The van der Waals surface area contributed by atoms with Crippen LogP contribution in [0.4, 0.5) is 14.6 Å². The number of hydrogen-bond donors (Lipinski definition) is 2. The molecule has 1 aromatic rings. The first-order valence-corrected chi connectivity index (χ1v) is 6.01. The second-order valence-electron chi connectivity index (χ2n) is 4.35. The molecule has 0 bridgehead atoms. The van der Waals surface area contributed by atoms with Crippen molar-refractivity contribution in [3.8, 4) is 0 Å². The molecule has 0 spiro atoms. The summed E-state index contributed by atoms with van der Waals surface area (Å²) in [6.07, 6.45) is -4.18. The van der Waals surface area contributed by atoms with Gasteiger partial charge in [0.15, 0.2) is 6.10 Å². The molecule has 3 atom stereocenters. The Morgan fingerprint density at radius 2 is 2.35 bits per heavy atom. The van der Waals surface area contributed by atoms with Crippen LogP contribution in [0, 0.1) is 0 Å². The maximum absolute atomic E-state index is 14.0. The molecule has 0 radical (unpaired) electrons. The highest BCUT2D eigenvalue weighted by Crippen LogP contribution is 2.42. The number of nitrogens with zero attached hydrogens (tertiary/aromatic N) is 2. The fourth-order valence-electron chi connectivity index (χ4n) is 1.94. The van der Waals surface area contributed by atoms with Gasteiger partial charge in [0.1, 0.15) is 11.9 Å². The number of aliphatic hydroxyl groups excluding tert-OH is 1. The van der Waals surface area contributed by atoms with Crippen molar-refractivity contribution in [1.82, 2.24) is 9.55 Å². The topological polar surface area (TPSA) is 99.6 Å². The first kappa shape index (κ1) is 14.8. The SMILES string of the molecule is CCOC[C@H]1OC(n2ccc(N)nc2=O)C(F)(F)[C@@H]1O. The van der Waals surface area contributed by atoms with Crippen LogP contribution in [0.5, 0.6) is 0 Å². The van der Waals surface area contributed by atoms with E-state index in [2.05, 4.69) is 4.98 Å². The number of hydrogen-bond acceptors (Lipinski definition) is 6. The summed E-state index contributed by atoms with van der Waals surface area (Å²) in [5.74, 6) is -3.72. The molecule has 7 nitrogen and oxygen atoms in total. The highest BCUT2D eigenvalue weighted by atomic mass is 19.3. The van der Waals surface area contributed by atoms with Gasteiger partial charge in [-0.15, -0.1) is 0 Å². The lowest BCUT2D eigenvalue weighted by atomic mass is 10.1. The summed E-state index contributed by atoms with van der Waals surface area (Å²) in [6.45, 7) is 1.79. The van der Waals surface area contributed by atoms with Crippen molar-refractivity contribution in [2.75, 3.05) is 18.9 Å². The number of nitrogens with two attached hydrogens (primary N) is 1. The van der Waals surface area contributed by atoms with Crippen LogP contribution in [-0.2, 0) is 9.47 Å². The van der Waals surface area contributed by atoms with Crippen molar-refractivity contribution >= 4 is 5.82 Å². The lowest BCUT2D eigenvalue weighted by molar-refractivity contribution is -0.141. The summed E-state index contributed by atoms with van der Waals surface area (Å²) in [4.78, 5) is 14.9. The van der Waals surface area contributed by atoms with Crippen molar-refractivity contribution < 1.29 is 23.4 Å². The van der Waals surface area contributed by atoms with E-state index < -0.39 is 30.0 Å². The van der Waals surface area contributed by atoms with Crippen LogP contribution in [0.1, 0.15) is 13.2 Å². The molecule has 2 rings (SSSR count). The fraction of sp³-hybridized carbons (Fsp3) is 0.636. The standard InChI is InChI=1S/C11H15F2N3O4/c1-2-19-5-6-8(17)11(12,13)9(20-6)16-4-3-7(14)15-10(16)18/h3-4,6,8-9,17H,2,5H2,1H3,(H2,14,15,18)/t6-,8-,9?/m1/s1. The number of ether oxygens (including phenoxy) is 2. The van der Waals surface area contributed by atoms with Crippen LogP contribution in [0.25, 0.3) is 0 Å². The van der Waals surface area contributed by atoms with Gasteiger partial charge in [-0.2, -0.15) is 13.8 Å². The second kappa shape index (κ2) is 5.43. The van der Waals surface area contributed by atoms with Crippen molar-refractivity contribution in [3.05, 3.63) is 22.7 Å². The summed E-state index contributed by atoms with van der Waals surface area (Å²) in [5.41, 5.74) is 4.32. The number of rotatable bonds is 4. The van der Waals surface area contributed by atoms with E-state index in [0.717, 1.165) is 6.20 Å². The Morgan fingerprint density at radius 3 is 2.95 bits per heavy atom. The zero-order chi connectivity index (χ0) is 14.9. The van der Waals surface area contributed by atoms with Gasteiger partial charge in [0.2, 0.25) is 6.23 Å². The Bertz CT molecular complexity index is 537. The minimum absolute atomic E-state index is 0.0843. The first-order valence-electron chi connectivity index (χ1n) is 6.01. The molecule has 1 saturated heterocycles. The molecule has 9 heteroatoms. The third-order valence-corrected chi connectivity index (χ3v) is 2.97. The molecule has 2 heterocycles. The maximum atomic E-state index is 14.0. The van der Waals surface area contributed by atoms with Crippen LogP contribution in [0.3, 0.4) is 0 Å². The van der Waals surface area contributed by atoms with Crippen molar-refractivity contribution in [2.45, 2.75) is 31.3 Å². The first-order chi connectivity index (χ1) is 9.37. The number of aliphatic hydroxyl groups is 1. The second-order valence-corrected chi connectivity index (χ2v) is 4.35. The van der Waals surface area contributed by atoms with E-state index in [1.807, 2.05) is 0 Å². The Labute approximate surface area is 112 Å². The van der Waals surface area contributed by atoms with Crippen LogP contribution in [0.2, 0.25) is 0 Å². The Balaban J connectivity index is 2.29. The molecule has 3 N–H and O–H groups in total. The predicted octanol–water partition coefficient (Wildman–Crippen LogP) is -0.244. The van der Waals surface area contributed by atoms with Gasteiger partial charge in [0, 0.05) is 12.8 Å². The van der Waals surface area contributed by atoms with E-state index in [1.54, 1.807) is 6.92 Å². The van der Waals surface area contributed by atoms with Gasteiger partial charge in [0.05, 0.1) is 6.61 Å². The molecular weight excluding hydrogens is 276 g/mol. The third-order valence-electron chi connectivity index (χ3n) is 2.97. The highest BCUT2D eigenvalue weighted by Gasteiger charge is 2.59. The molecule has 1 aliphatic rings. The zero-order valence-electron chi connectivity index (χ0n) is 10.7. The normalized spacial score (nSPS) is 28.7. The monoisotopic (exact) mass is 291 g/mol. The highest BCUT2D eigenvalue weighted by molar-refractivity contribution is 5.23. The summed E-state index contributed by atoms with van der Waals surface area (Å²) in [5, 5.41) is 9.61. The molecule has 0 aliphatic carbocycles. The van der Waals surface area contributed by atoms with Gasteiger partial charge in [-0.3, -0.25) is 4.57 Å². The average Bonchev–Trinajstić information content (AvgIpc) is 2.60. The third kappa shape index (κ3) is 2.51. The number of aromatic nitrogens is 2. The number of alkyl halides is 2. The van der Waals surface area contributed by atoms with Crippen LogP contribution in [0.15, 0.2) is 17.1 Å². The Kier molecular flexibility index (Phi) is 4.02. The van der Waals surface area contributed by atoms with Crippen LogP contribution >= 0.6 is 0 Å². The maximum Gasteiger partial charge on any atom is 0.351 e. The van der Waals surface area contributed by atoms with Crippen molar-refractivity contribution in [1.29, 1.82) is 0 Å². The van der Waals surface area contributed by atoms with Crippen LogP contribution in [-0.4, -0.2) is 46.0 Å². The summed E-state index contributed by atoms with van der Waals surface area (Å²) in [6, 6.07) is 1.20. The van der Waals surface area contributed by atoms with E-state index >= 15 is 0 Å². The van der Waals surface area contributed by atoms with Gasteiger partial charge in [-0.25, -0.2) is 4.79 Å². The minimum Gasteiger partial charge on any atom is -0.384 e. The van der Waals surface area contributed by atoms with Gasteiger partial charge in [0.25, 0.3) is 0 Å². The van der Waals surface area contributed by atoms with E-state index in [-0.39, 0.29) is 12.4 Å². The van der Waals surface area contributed by atoms with Crippen molar-refractivity contribution in [3.63, 3.8) is 0 Å².